The van der Waals surface area contributed by atoms with Crippen LogP contribution < -0.4 is 10.9 Å². The van der Waals surface area contributed by atoms with Gasteiger partial charge in [0.1, 0.15) is 21.8 Å². The fourth-order valence-corrected chi connectivity index (χ4v) is 3.73. The summed E-state index contributed by atoms with van der Waals surface area (Å²) >= 11 is 0.853. The molecular formula is C16H15F3N4O2S. The van der Waals surface area contributed by atoms with E-state index >= 15 is 0 Å². The molecule has 0 aromatic carbocycles. The van der Waals surface area contributed by atoms with Crippen molar-refractivity contribution in [2.24, 2.45) is 0 Å². The van der Waals surface area contributed by atoms with Crippen molar-refractivity contribution < 1.29 is 18.0 Å². The smallest absolute Gasteiger partial charge is 0.355 e. The zero-order valence-corrected chi connectivity index (χ0v) is 14.8. The van der Waals surface area contributed by atoms with Gasteiger partial charge in [0.2, 0.25) is 5.91 Å². The van der Waals surface area contributed by atoms with E-state index in [1.165, 1.54) is 13.3 Å². The van der Waals surface area contributed by atoms with E-state index in [9.17, 15) is 22.8 Å². The maximum Gasteiger partial charge on any atom is 0.433 e. The summed E-state index contributed by atoms with van der Waals surface area (Å²) in [6.07, 6.45) is -2.57. The number of aryl methyl sites for hydroxylation is 1. The van der Waals surface area contributed by atoms with Gasteiger partial charge in [0.05, 0.1) is 11.8 Å². The van der Waals surface area contributed by atoms with Gasteiger partial charge in [-0.25, -0.2) is 9.97 Å². The van der Waals surface area contributed by atoms with E-state index in [4.69, 9.17) is 0 Å². The lowest BCUT2D eigenvalue weighted by molar-refractivity contribution is -0.141. The van der Waals surface area contributed by atoms with Crippen LogP contribution in [-0.2, 0) is 17.5 Å². The molecule has 1 N–H and O–H groups in total. The Morgan fingerprint density at radius 2 is 2.12 bits per heavy atom. The number of fused-ring (bicyclic) bond motifs is 3. The average molecular weight is 384 g/mol. The molecule has 0 atom stereocenters. The predicted molar refractivity (Wildman–Crippen MR) is 92.2 cm³/mol. The highest BCUT2D eigenvalue weighted by Crippen LogP contribution is 2.36. The summed E-state index contributed by atoms with van der Waals surface area (Å²) in [6.45, 7) is 3.73. The number of nitrogens with zero attached hydrogens (tertiary/aromatic N) is 3. The van der Waals surface area contributed by atoms with Gasteiger partial charge in [0.15, 0.2) is 0 Å². The quantitative estimate of drug-likeness (QED) is 0.750. The van der Waals surface area contributed by atoms with Gasteiger partial charge >= 0.3 is 6.18 Å². The number of halogens is 3. The van der Waals surface area contributed by atoms with E-state index in [-0.39, 0.29) is 22.0 Å². The summed E-state index contributed by atoms with van der Waals surface area (Å²) in [6, 6.07) is 0.944. The number of aromatic nitrogens is 3. The van der Waals surface area contributed by atoms with Crippen molar-refractivity contribution >= 4 is 37.7 Å². The maximum atomic E-state index is 13.0. The number of alkyl halides is 3. The van der Waals surface area contributed by atoms with E-state index in [1.54, 1.807) is 0 Å². The number of hydrogen-bond donors (Lipinski definition) is 1. The number of amides is 1. The molecule has 3 rings (SSSR count). The summed E-state index contributed by atoms with van der Waals surface area (Å²) in [5.41, 5.74) is -0.830. The Hall–Kier alpha value is -2.49. The molecule has 0 unspecified atom stereocenters. The summed E-state index contributed by atoms with van der Waals surface area (Å²) in [5, 5.41) is 3.08. The van der Waals surface area contributed by atoms with Crippen molar-refractivity contribution in [3.63, 3.8) is 0 Å². The molecule has 10 heteroatoms. The highest BCUT2D eigenvalue weighted by molar-refractivity contribution is 7.25. The number of carbonyl (C=O) groups excluding carboxylic acids is 1. The fraction of sp³-hybridized carbons (Fsp3) is 0.375. The molecule has 0 aliphatic carbocycles. The van der Waals surface area contributed by atoms with Gasteiger partial charge in [-0.1, -0.05) is 6.92 Å². The molecule has 0 aliphatic heterocycles. The third-order valence-corrected chi connectivity index (χ3v) is 4.85. The first-order valence-corrected chi connectivity index (χ1v) is 8.67. The molecule has 0 aliphatic rings. The number of nitrogens with one attached hydrogen (secondary N) is 1. The second kappa shape index (κ2) is 6.67. The zero-order chi connectivity index (χ0) is 19.1. The Balaban J connectivity index is 2.12. The highest BCUT2D eigenvalue weighted by Gasteiger charge is 2.33. The van der Waals surface area contributed by atoms with Crippen LogP contribution in [-0.4, -0.2) is 27.0 Å². The van der Waals surface area contributed by atoms with E-state index in [0.29, 0.717) is 23.0 Å². The number of carbonyl (C=O) groups is 1. The Kier molecular flexibility index (Phi) is 4.70. The van der Waals surface area contributed by atoms with Crippen molar-refractivity contribution in [3.05, 3.63) is 34.0 Å². The number of rotatable bonds is 4. The van der Waals surface area contributed by atoms with Crippen LogP contribution in [0.5, 0.6) is 0 Å². The minimum absolute atomic E-state index is 0.102. The third-order valence-electron chi connectivity index (χ3n) is 3.79. The molecule has 1 amide bonds. The average Bonchev–Trinajstić information content (AvgIpc) is 2.94. The summed E-state index contributed by atoms with van der Waals surface area (Å²) in [7, 11) is 0. The first kappa shape index (κ1) is 18.3. The Morgan fingerprint density at radius 3 is 2.77 bits per heavy atom. The van der Waals surface area contributed by atoms with Crippen LogP contribution in [0.2, 0.25) is 0 Å². The van der Waals surface area contributed by atoms with Crippen LogP contribution in [0, 0.1) is 6.92 Å². The van der Waals surface area contributed by atoms with Crippen LogP contribution >= 0.6 is 11.3 Å². The van der Waals surface area contributed by atoms with Crippen molar-refractivity contribution in [2.45, 2.75) is 33.0 Å². The van der Waals surface area contributed by atoms with Crippen molar-refractivity contribution in [2.75, 3.05) is 6.54 Å². The highest BCUT2D eigenvalue weighted by atomic mass is 32.1. The van der Waals surface area contributed by atoms with Crippen molar-refractivity contribution in [3.8, 4) is 0 Å². The van der Waals surface area contributed by atoms with Gasteiger partial charge in [-0.05, 0) is 25.0 Å². The molecule has 138 valence electrons. The van der Waals surface area contributed by atoms with Crippen molar-refractivity contribution in [1.82, 2.24) is 19.9 Å². The van der Waals surface area contributed by atoms with Crippen LogP contribution in [0.1, 0.15) is 24.6 Å². The Morgan fingerprint density at radius 1 is 1.38 bits per heavy atom. The second-order valence-electron chi connectivity index (χ2n) is 5.81. The number of hydrogen-bond acceptors (Lipinski definition) is 5. The first-order chi connectivity index (χ1) is 12.2. The van der Waals surface area contributed by atoms with Gasteiger partial charge in [-0.3, -0.25) is 14.2 Å². The molecule has 0 bridgehead atoms. The monoisotopic (exact) mass is 384 g/mol. The normalized spacial score (nSPS) is 12.0. The first-order valence-electron chi connectivity index (χ1n) is 7.85. The molecule has 0 radical (unpaired) electrons. The van der Waals surface area contributed by atoms with Gasteiger partial charge in [0.25, 0.3) is 5.56 Å². The molecule has 6 nitrogen and oxygen atoms in total. The van der Waals surface area contributed by atoms with E-state index in [1.807, 2.05) is 6.92 Å². The SMILES string of the molecule is CCCNC(=O)Cn1cnc2c(sc3nc(C(F)(F)F)cc(C)c32)c1=O. The van der Waals surface area contributed by atoms with Gasteiger partial charge in [0, 0.05) is 11.9 Å². The molecule has 0 fully saturated rings. The lowest BCUT2D eigenvalue weighted by atomic mass is 10.1. The minimum Gasteiger partial charge on any atom is -0.355 e. The topological polar surface area (TPSA) is 76.9 Å². The van der Waals surface area contributed by atoms with Crippen LogP contribution in [0.3, 0.4) is 0 Å². The molecular weight excluding hydrogens is 369 g/mol. The molecule has 0 saturated carbocycles. The van der Waals surface area contributed by atoms with Crippen molar-refractivity contribution in [1.29, 1.82) is 0 Å². The van der Waals surface area contributed by atoms with E-state index in [0.717, 1.165) is 28.4 Å². The Labute approximate surface area is 149 Å². The largest absolute Gasteiger partial charge is 0.433 e. The molecule has 0 saturated heterocycles. The predicted octanol–water partition coefficient (Wildman–Crippen LogP) is 2.86. The molecule has 3 aromatic heterocycles. The maximum absolute atomic E-state index is 13.0. The second-order valence-corrected chi connectivity index (χ2v) is 6.81. The summed E-state index contributed by atoms with van der Waals surface area (Å²) < 4.78 is 40.2. The van der Waals surface area contributed by atoms with E-state index < -0.39 is 17.4 Å². The van der Waals surface area contributed by atoms with Crippen LogP contribution in [0.4, 0.5) is 13.2 Å². The lowest BCUT2D eigenvalue weighted by Gasteiger charge is -2.07. The fourth-order valence-electron chi connectivity index (χ4n) is 2.58. The molecule has 0 spiro atoms. The van der Waals surface area contributed by atoms with Gasteiger partial charge in [-0.15, -0.1) is 11.3 Å². The molecule has 3 aromatic rings. The standard InChI is InChI=1S/C16H15F3N4O2S/c1-3-4-20-10(24)6-23-7-21-12-11-8(2)5-9(16(17,18)19)22-14(11)26-13(12)15(23)25/h5,7H,3-4,6H2,1-2H3,(H,20,24). The minimum atomic E-state index is -4.57. The lowest BCUT2D eigenvalue weighted by Crippen LogP contribution is -2.32. The van der Waals surface area contributed by atoms with Gasteiger partial charge in [-0.2, -0.15) is 13.2 Å². The van der Waals surface area contributed by atoms with Crippen LogP contribution in [0.25, 0.3) is 20.4 Å². The van der Waals surface area contributed by atoms with E-state index in [2.05, 4.69) is 15.3 Å². The molecule has 3 heterocycles. The number of thiophene rings is 1. The third kappa shape index (κ3) is 3.28. The molecule has 26 heavy (non-hydrogen) atoms. The summed E-state index contributed by atoms with van der Waals surface area (Å²) in [4.78, 5) is 32.3. The van der Waals surface area contributed by atoms with Crippen LogP contribution in [0.15, 0.2) is 17.2 Å². The summed E-state index contributed by atoms with van der Waals surface area (Å²) in [5.74, 6) is -0.329. The zero-order valence-electron chi connectivity index (χ0n) is 14.0. The number of pyridine rings is 1. The Bertz CT molecular complexity index is 1060. The van der Waals surface area contributed by atoms with Gasteiger partial charge < -0.3 is 5.32 Å².